The second-order valence-corrected chi connectivity index (χ2v) is 7.59. The smallest absolute Gasteiger partial charge is 0.224 e. The lowest BCUT2D eigenvalue weighted by Crippen LogP contribution is -2.48. The SMILES string of the molecule is CCN1CCN(C(=O)CCC2CCN(C(=O)CCn3cncn3)CC2)CC1. The number of carbonyl (C=O) groups excluding carboxylic acids is 2. The van der Waals surface area contributed by atoms with Gasteiger partial charge in [0.05, 0.1) is 6.54 Å². The van der Waals surface area contributed by atoms with Gasteiger partial charge in [-0.05, 0) is 31.7 Å². The Hall–Kier alpha value is -1.96. The van der Waals surface area contributed by atoms with Crippen LogP contribution >= 0.6 is 0 Å². The molecule has 0 atom stereocenters. The number of aromatic nitrogens is 3. The standard InChI is InChI=1S/C19H32N6O2/c1-2-22-11-13-24(14-12-22)18(26)4-3-17-5-8-23(9-6-17)19(27)7-10-25-16-20-15-21-25/h15-17H,2-14H2,1H3. The van der Waals surface area contributed by atoms with Crippen LogP contribution in [0.4, 0.5) is 0 Å². The zero-order valence-corrected chi connectivity index (χ0v) is 16.4. The molecule has 150 valence electrons. The number of likely N-dealkylation sites (tertiary alicyclic amines) is 1. The van der Waals surface area contributed by atoms with Gasteiger partial charge in [-0.25, -0.2) is 4.98 Å². The minimum atomic E-state index is 0.189. The van der Waals surface area contributed by atoms with Crippen molar-refractivity contribution in [3.63, 3.8) is 0 Å². The summed E-state index contributed by atoms with van der Waals surface area (Å²) in [5, 5.41) is 4.03. The molecule has 2 aliphatic heterocycles. The summed E-state index contributed by atoms with van der Waals surface area (Å²) in [6, 6.07) is 0. The summed E-state index contributed by atoms with van der Waals surface area (Å²) in [6.07, 6.45) is 7.21. The van der Waals surface area contributed by atoms with Gasteiger partial charge in [-0.3, -0.25) is 14.3 Å². The summed E-state index contributed by atoms with van der Waals surface area (Å²) in [5.74, 6) is 1.05. The van der Waals surface area contributed by atoms with Gasteiger partial charge in [-0.15, -0.1) is 0 Å². The summed E-state index contributed by atoms with van der Waals surface area (Å²) in [7, 11) is 0. The highest BCUT2D eigenvalue weighted by Gasteiger charge is 2.25. The van der Waals surface area contributed by atoms with E-state index >= 15 is 0 Å². The van der Waals surface area contributed by atoms with E-state index in [9.17, 15) is 9.59 Å². The molecule has 0 aliphatic carbocycles. The molecule has 8 nitrogen and oxygen atoms in total. The van der Waals surface area contributed by atoms with Crippen molar-refractivity contribution in [2.75, 3.05) is 45.8 Å². The lowest BCUT2D eigenvalue weighted by molar-refractivity contribution is -0.135. The number of piperidine rings is 1. The molecule has 0 aromatic carbocycles. The Morgan fingerprint density at radius 3 is 2.26 bits per heavy atom. The van der Waals surface area contributed by atoms with E-state index in [1.807, 2.05) is 9.80 Å². The molecular formula is C19H32N6O2. The van der Waals surface area contributed by atoms with Gasteiger partial charge in [0, 0.05) is 52.1 Å². The highest BCUT2D eigenvalue weighted by molar-refractivity contribution is 5.76. The van der Waals surface area contributed by atoms with Crippen LogP contribution < -0.4 is 0 Å². The van der Waals surface area contributed by atoms with Crippen LogP contribution in [0.5, 0.6) is 0 Å². The zero-order valence-electron chi connectivity index (χ0n) is 16.4. The molecule has 8 heteroatoms. The second-order valence-electron chi connectivity index (χ2n) is 7.59. The Morgan fingerprint density at radius 1 is 0.963 bits per heavy atom. The predicted molar refractivity (Wildman–Crippen MR) is 102 cm³/mol. The summed E-state index contributed by atoms with van der Waals surface area (Å²) in [5.41, 5.74) is 0. The fourth-order valence-corrected chi connectivity index (χ4v) is 3.99. The van der Waals surface area contributed by atoms with Crippen LogP contribution in [0.15, 0.2) is 12.7 Å². The fraction of sp³-hybridized carbons (Fsp3) is 0.789. The first-order valence-electron chi connectivity index (χ1n) is 10.3. The van der Waals surface area contributed by atoms with Gasteiger partial charge in [-0.1, -0.05) is 6.92 Å². The quantitative estimate of drug-likeness (QED) is 0.705. The van der Waals surface area contributed by atoms with Crippen molar-refractivity contribution >= 4 is 11.8 Å². The van der Waals surface area contributed by atoms with Crippen molar-refractivity contribution in [2.45, 2.75) is 45.6 Å². The average Bonchev–Trinajstić information content (AvgIpc) is 3.24. The molecule has 3 rings (SSSR count). The Balaban J connectivity index is 1.31. The van der Waals surface area contributed by atoms with Gasteiger partial charge >= 0.3 is 0 Å². The van der Waals surface area contributed by atoms with Gasteiger partial charge in [0.25, 0.3) is 0 Å². The van der Waals surface area contributed by atoms with E-state index in [4.69, 9.17) is 0 Å². The number of amides is 2. The molecule has 2 aliphatic rings. The maximum Gasteiger partial charge on any atom is 0.224 e. The summed E-state index contributed by atoms with van der Waals surface area (Å²) in [6.45, 7) is 9.17. The minimum absolute atomic E-state index is 0.189. The van der Waals surface area contributed by atoms with E-state index in [0.29, 0.717) is 31.2 Å². The Kier molecular flexibility index (Phi) is 7.20. The first kappa shape index (κ1) is 19.8. The molecule has 0 radical (unpaired) electrons. The number of piperazine rings is 1. The van der Waals surface area contributed by atoms with E-state index < -0.39 is 0 Å². The molecule has 2 saturated heterocycles. The van der Waals surface area contributed by atoms with E-state index in [0.717, 1.165) is 65.1 Å². The molecule has 3 heterocycles. The highest BCUT2D eigenvalue weighted by atomic mass is 16.2. The molecule has 0 N–H and O–H groups in total. The third-order valence-electron chi connectivity index (χ3n) is 5.93. The van der Waals surface area contributed by atoms with Gasteiger partial charge in [0.15, 0.2) is 0 Å². The largest absolute Gasteiger partial charge is 0.343 e. The Morgan fingerprint density at radius 2 is 1.63 bits per heavy atom. The van der Waals surface area contributed by atoms with E-state index in [1.165, 1.54) is 6.33 Å². The number of likely N-dealkylation sites (N-methyl/N-ethyl adjacent to an activating group) is 1. The second kappa shape index (κ2) is 9.82. The number of rotatable bonds is 7. The number of carbonyl (C=O) groups is 2. The molecule has 27 heavy (non-hydrogen) atoms. The topological polar surface area (TPSA) is 74.6 Å². The van der Waals surface area contributed by atoms with Crippen molar-refractivity contribution in [1.29, 1.82) is 0 Å². The van der Waals surface area contributed by atoms with E-state index in [-0.39, 0.29) is 5.91 Å². The van der Waals surface area contributed by atoms with Crippen molar-refractivity contribution in [1.82, 2.24) is 29.5 Å². The number of nitrogens with zero attached hydrogens (tertiary/aromatic N) is 6. The third kappa shape index (κ3) is 5.76. The molecule has 1 aromatic heterocycles. The van der Waals surface area contributed by atoms with Crippen molar-refractivity contribution in [3.05, 3.63) is 12.7 Å². The summed E-state index contributed by atoms with van der Waals surface area (Å²) in [4.78, 5) is 35.0. The Bertz CT molecular complexity index is 589. The molecule has 2 fully saturated rings. The maximum atomic E-state index is 12.4. The van der Waals surface area contributed by atoms with Crippen LogP contribution in [-0.4, -0.2) is 87.1 Å². The molecule has 2 amide bonds. The minimum Gasteiger partial charge on any atom is -0.343 e. The molecule has 0 bridgehead atoms. The summed E-state index contributed by atoms with van der Waals surface area (Å²) < 4.78 is 1.69. The molecule has 1 aromatic rings. The van der Waals surface area contributed by atoms with Crippen LogP contribution in [0.2, 0.25) is 0 Å². The number of aryl methyl sites for hydroxylation is 1. The van der Waals surface area contributed by atoms with Crippen molar-refractivity contribution in [3.8, 4) is 0 Å². The van der Waals surface area contributed by atoms with Crippen molar-refractivity contribution in [2.24, 2.45) is 5.92 Å². The first-order chi connectivity index (χ1) is 13.2. The number of hydrogen-bond acceptors (Lipinski definition) is 5. The molecule has 0 unspecified atom stereocenters. The predicted octanol–water partition coefficient (Wildman–Crippen LogP) is 0.851. The molecular weight excluding hydrogens is 344 g/mol. The lowest BCUT2D eigenvalue weighted by Gasteiger charge is -2.35. The van der Waals surface area contributed by atoms with Crippen LogP contribution in [0.25, 0.3) is 0 Å². The van der Waals surface area contributed by atoms with Gasteiger partial charge in [-0.2, -0.15) is 5.10 Å². The normalized spacial score (nSPS) is 19.4. The van der Waals surface area contributed by atoms with Crippen LogP contribution in [-0.2, 0) is 16.1 Å². The average molecular weight is 377 g/mol. The Labute approximate surface area is 161 Å². The maximum absolute atomic E-state index is 12.4. The first-order valence-corrected chi connectivity index (χ1v) is 10.3. The van der Waals surface area contributed by atoms with Gasteiger partial charge in [0.2, 0.25) is 11.8 Å². The van der Waals surface area contributed by atoms with E-state index in [1.54, 1.807) is 11.0 Å². The zero-order chi connectivity index (χ0) is 19.1. The van der Waals surface area contributed by atoms with Crippen LogP contribution in [0.1, 0.15) is 39.0 Å². The highest BCUT2D eigenvalue weighted by Crippen LogP contribution is 2.23. The van der Waals surface area contributed by atoms with Gasteiger partial charge in [0.1, 0.15) is 12.7 Å². The van der Waals surface area contributed by atoms with Crippen LogP contribution in [0.3, 0.4) is 0 Å². The van der Waals surface area contributed by atoms with Crippen molar-refractivity contribution < 1.29 is 9.59 Å². The fourth-order valence-electron chi connectivity index (χ4n) is 3.99. The molecule has 0 saturated carbocycles. The lowest BCUT2D eigenvalue weighted by atomic mass is 9.91. The number of hydrogen-bond donors (Lipinski definition) is 0. The van der Waals surface area contributed by atoms with E-state index in [2.05, 4.69) is 21.9 Å². The molecule has 0 spiro atoms. The third-order valence-corrected chi connectivity index (χ3v) is 5.93. The monoisotopic (exact) mass is 376 g/mol. The van der Waals surface area contributed by atoms with Gasteiger partial charge < -0.3 is 14.7 Å². The summed E-state index contributed by atoms with van der Waals surface area (Å²) >= 11 is 0. The van der Waals surface area contributed by atoms with Crippen LogP contribution in [0, 0.1) is 5.92 Å².